The third-order valence-corrected chi connectivity index (χ3v) is 4.01. The fourth-order valence-electron chi connectivity index (χ4n) is 2.88. The summed E-state index contributed by atoms with van der Waals surface area (Å²) in [5.41, 5.74) is 0.180. The number of alkyl halides is 1. The van der Waals surface area contributed by atoms with Gasteiger partial charge < -0.3 is 4.57 Å². The van der Waals surface area contributed by atoms with Gasteiger partial charge in [-0.3, -0.25) is 0 Å². The molecule has 1 aliphatic carbocycles. The molecule has 0 amide bonds. The van der Waals surface area contributed by atoms with Crippen LogP contribution < -0.4 is 0 Å². The molecule has 0 atom stereocenters. The average molecular weight is 256 g/mol. The Morgan fingerprint density at radius 1 is 1.24 bits per heavy atom. The van der Waals surface area contributed by atoms with Crippen molar-refractivity contribution in [3.8, 4) is 0 Å². The minimum absolute atomic E-state index is 0.00530. The molecule has 17 heavy (non-hydrogen) atoms. The minimum Gasteiger partial charge on any atom is -0.308 e. The largest absolute Gasteiger partial charge is 0.308 e. The van der Waals surface area contributed by atoms with E-state index in [-0.39, 0.29) is 11.0 Å². The summed E-state index contributed by atoms with van der Waals surface area (Å²) < 4.78 is 2.24. The molecule has 96 valence electrons. The van der Waals surface area contributed by atoms with Crippen molar-refractivity contribution in [2.24, 2.45) is 0 Å². The van der Waals surface area contributed by atoms with Crippen LogP contribution in [0.15, 0.2) is 0 Å². The van der Waals surface area contributed by atoms with E-state index in [1.807, 2.05) is 0 Å². The summed E-state index contributed by atoms with van der Waals surface area (Å²) in [7, 11) is 0. The summed E-state index contributed by atoms with van der Waals surface area (Å²) in [5, 5.41) is 8.71. The van der Waals surface area contributed by atoms with Gasteiger partial charge in [-0.1, -0.05) is 19.8 Å². The maximum atomic E-state index is 5.98. The molecule has 1 fully saturated rings. The highest BCUT2D eigenvalue weighted by atomic mass is 35.5. The molecule has 1 saturated carbocycles. The molecule has 0 bridgehead atoms. The average Bonchev–Trinajstić information content (AvgIpc) is 2.82. The predicted octanol–water partition coefficient (Wildman–Crippen LogP) is 3.60. The molecule has 1 aromatic rings. The third kappa shape index (κ3) is 2.22. The van der Waals surface area contributed by atoms with Gasteiger partial charge in [0.1, 0.15) is 11.6 Å². The number of hydrogen-bond donors (Lipinski definition) is 0. The van der Waals surface area contributed by atoms with E-state index in [0.717, 1.165) is 11.6 Å². The maximum Gasteiger partial charge on any atom is 0.148 e. The summed E-state index contributed by atoms with van der Waals surface area (Å²) in [5.74, 6) is 2.45. The van der Waals surface area contributed by atoms with Gasteiger partial charge >= 0.3 is 0 Å². The first-order valence-corrected chi connectivity index (χ1v) is 6.93. The van der Waals surface area contributed by atoms with Gasteiger partial charge in [0.25, 0.3) is 0 Å². The lowest BCUT2D eigenvalue weighted by molar-refractivity contribution is 0.330. The van der Waals surface area contributed by atoms with Crippen LogP contribution in [-0.2, 0) is 16.8 Å². The van der Waals surface area contributed by atoms with E-state index < -0.39 is 0 Å². The first-order valence-electron chi connectivity index (χ1n) is 6.40. The van der Waals surface area contributed by atoms with Crippen LogP contribution in [0.1, 0.15) is 65.0 Å². The molecule has 0 aromatic carbocycles. The Kier molecular flexibility index (Phi) is 3.23. The monoisotopic (exact) mass is 255 g/mol. The van der Waals surface area contributed by atoms with E-state index >= 15 is 0 Å². The minimum atomic E-state index is -0.00530. The van der Waals surface area contributed by atoms with Crippen LogP contribution in [0.25, 0.3) is 0 Å². The molecule has 0 unspecified atom stereocenters. The smallest absolute Gasteiger partial charge is 0.148 e. The summed E-state index contributed by atoms with van der Waals surface area (Å²) in [4.78, 5) is 0. The highest BCUT2D eigenvalue weighted by Gasteiger charge is 2.38. The third-order valence-electron chi connectivity index (χ3n) is 3.77. The summed E-state index contributed by atoms with van der Waals surface area (Å²) in [6.07, 6.45) is 5.01. The van der Waals surface area contributed by atoms with Crippen molar-refractivity contribution in [1.29, 1.82) is 0 Å². The Hall–Kier alpha value is -0.570. The Morgan fingerprint density at radius 2 is 1.82 bits per heavy atom. The molecule has 1 aromatic heterocycles. The zero-order valence-electron chi connectivity index (χ0n) is 11.3. The van der Waals surface area contributed by atoms with Crippen LogP contribution in [0.2, 0.25) is 0 Å². The zero-order valence-corrected chi connectivity index (χ0v) is 12.0. The van der Waals surface area contributed by atoms with Crippen molar-refractivity contribution in [1.82, 2.24) is 14.8 Å². The molecule has 0 aliphatic heterocycles. The van der Waals surface area contributed by atoms with Gasteiger partial charge in [-0.25, -0.2) is 0 Å². The van der Waals surface area contributed by atoms with E-state index in [4.69, 9.17) is 11.6 Å². The van der Waals surface area contributed by atoms with Crippen LogP contribution in [0.4, 0.5) is 0 Å². The molecule has 2 rings (SSSR count). The topological polar surface area (TPSA) is 30.7 Å². The van der Waals surface area contributed by atoms with Gasteiger partial charge in [0.2, 0.25) is 0 Å². The molecule has 0 N–H and O–H groups in total. The quantitative estimate of drug-likeness (QED) is 0.756. The second-order valence-corrected chi connectivity index (χ2v) is 6.61. The highest BCUT2D eigenvalue weighted by Crippen LogP contribution is 2.41. The molecular weight excluding hydrogens is 234 g/mol. The Bertz CT molecular complexity index is 397. The maximum absolute atomic E-state index is 5.98. The molecule has 3 nitrogen and oxygen atoms in total. The van der Waals surface area contributed by atoms with Gasteiger partial charge in [-0.05, 0) is 33.6 Å². The number of hydrogen-bond acceptors (Lipinski definition) is 2. The van der Waals surface area contributed by atoms with Gasteiger partial charge in [0, 0.05) is 11.0 Å². The Labute approximate surface area is 109 Å². The molecule has 0 radical (unpaired) electrons. The lowest BCUT2D eigenvalue weighted by atomic mass is 9.87. The van der Waals surface area contributed by atoms with Crippen LogP contribution in [0.3, 0.4) is 0 Å². The normalized spacial score (nSPS) is 19.8. The number of rotatable bonds is 2. The van der Waals surface area contributed by atoms with Crippen molar-refractivity contribution < 1.29 is 0 Å². The number of nitrogens with zero attached hydrogens (tertiary/aromatic N) is 3. The van der Waals surface area contributed by atoms with E-state index in [1.54, 1.807) is 0 Å². The van der Waals surface area contributed by atoms with E-state index in [9.17, 15) is 0 Å². The van der Waals surface area contributed by atoms with Crippen molar-refractivity contribution in [3.63, 3.8) is 0 Å². The first kappa shape index (κ1) is 12.9. The van der Waals surface area contributed by atoms with Gasteiger partial charge in [0.15, 0.2) is 0 Å². The molecule has 0 saturated heterocycles. The number of halogens is 1. The van der Waals surface area contributed by atoms with E-state index in [0.29, 0.717) is 5.88 Å². The fourth-order valence-corrected chi connectivity index (χ4v) is 3.05. The van der Waals surface area contributed by atoms with E-state index in [1.165, 1.54) is 25.7 Å². The van der Waals surface area contributed by atoms with Crippen molar-refractivity contribution in [2.75, 3.05) is 0 Å². The summed E-state index contributed by atoms with van der Waals surface area (Å²) in [6.45, 7) is 8.88. The summed E-state index contributed by atoms with van der Waals surface area (Å²) in [6, 6.07) is 0. The van der Waals surface area contributed by atoms with Crippen LogP contribution in [0.5, 0.6) is 0 Å². The van der Waals surface area contributed by atoms with Gasteiger partial charge in [0.05, 0.1) is 5.88 Å². The second-order valence-electron chi connectivity index (χ2n) is 6.35. The highest BCUT2D eigenvalue weighted by molar-refractivity contribution is 6.16. The standard InChI is InChI=1S/C13H22ClN3/c1-12(2,3)17-10(9-14)15-16-11(17)13(4)7-5-6-8-13/h5-9H2,1-4H3. The summed E-state index contributed by atoms with van der Waals surface area (Å²) >= 11 is 5.98. The van der Waals surface area contributed by atoms with E-state index in [2.05, 4.69) is 42.5 Å². The van der Waals surface area contributed by atoms with Crippen LogP contribution in [0, 0.1) is 0 Å². The SMILES string of the molecule is CC1(c2nnc(CCl)n2C(C)(C)C)CCCC1. The van der Waals surface area contributed by atoms with Gasteiger partial charge in [-0.15, -0.1) is 21.8 Å². The van der Waals surface area contributed by atoms with Crippen molar-refractivity contribution in [3.05, 3.63) is 11.6 Å². The molecule has 0 spiro atoms. The van der Waals surface area contributed by atoms with Crippen LogP contribution >= 0.6 is 11.6 Å². The van der Waals surface area contributed by atoms with Crippen LogP contribution in [-0.4, -0.2) is 14.8 Å². The Morgan fingerprint density at radius 3 is 2.29 bits per heavy atom. The lowest BCUT2D eigenvalue weighted by Crippen LogP contribution is -2.32. The predicted molar refractivity (Wildman–Crippen MR) is 70.4 cm³/mol. The molecule has 1 heterocycles. The van der Waals surface area contributed by atoms with Crippen molar-refractivity contribution >= 4 is 11.6 Å². The first-order chi connectivity index (χ1) is 7.88. The molecular formula is C13H22ClN3. The molecule has 4 heteroatoms. The Balaban J connectivity index is 2.51. The molecule has 1 aliphatic rings. The van der Waals surface area contributed by atoms with Gasteiger partial charge in [-0.2, -0.15) is 0 Å². The second kappa shape index (κ2) is 4.27. The lowest BCUT2D eigenvalue weighted by Gasteiger charge is -2.31. The van der Waals surface area contributed by atoms with Crippen molar-refractivity contribution in [2.45, 2.75) is 70.2 Å². The fraction of sp³-hybridized carbons (Fsp3) is 0.846. The number of aromatic nitrogens is 3. The zero-order chi connectivity index (χ0) is 12.7.